The number of nitrogens with zero attached hydrogens (tertiary/aromatic N) is 3. The second kappa shape index (κ2) is 6.54. The first kappa shape index (κ1) is 16.2. The molecule has 1 amide bonds. The van der Waals surface area contributed by atoms with Gasteiger partial charge >= 0.3 is 0 Å². The lowest BCUT2D eigenvalue weighted by molar-refractivity contribution is -0.129. The maximum Gasteiger partial charge on any atom is 0.227 e. The van der Waals surface area contributed by atoms with Crippen LogP contribution in [0.2, 0.25) is 0 Å². The van der Waals surface area contributed by atoms with Gasteiger partial charge in [-0.05, 0) is 43.9 Å². The molecule has 5 heteroatoms. The minimum atomic E-state index is 0.196. The van der Waals surface area contributed by atoms with Crippen molar-refractivity contribution in [3.63, 3.8) is 0 Å². The number of amides is 1. The van der Waals surface area contributed by atoms with E-state index in [1.54, 1.807) is 7.11 Å². The third kappa shape index (κ3) is 3.28. The van der Waals surface area contributed by atoms with Crippen molar-refractivity contribution in [3.8, 4) is 5.75 Å². The maximum atomic E-state index is 12.7. The number of aryl methyl sites for hydroxylation is 1. The zero-order chi connectivity index (χ0) is 17.4. The van der Waals surface area contributed by atoms with E-state index in [2.05, 4.69) is 16.5 Å². The summed E-state index contributed by atoms with van der Waals surface area (Å²) < 4.78 is 7.63. The number of methoxy groups -OCH3 is 1. The molecule has 1 saturated carbocycles. The smallest absolute Gasteiger partial charge is 0.227 e. The first-order valence-corrected chi connectivity index (χ1v) is 9.10. The first-order chi connectivity index (χ1) is 12.2. The van der Waals surface area contributed by atoms with Crippen LogP contribution in [0, 0.1) is 6.92 Å². The van der Waals surface area contributed by atoms with Crippen molar-refractivity contribution >= 4 is 5.91 Å². The van der Waals surface area contributed by atoms with Crippen LogP contribution in [0.3, 0.4) is 0 Å². The minimum Gasteiger partial charge on any atom is -0.497 e. The molecule has 1 unspecified atom stereocenters. The molecule has 2 aromatic rings. The molecule has 2 aliphatic rings. The quantitative estimate of drug-likeness (QED) is 0.841. The predicted octanol–water partition coefficient (Wildman–Crippen LogP) is 3.09. The fourth-order valence-electron chi connectivity index (χ4n) is 3.83. The number of rotatable bonds is 5. The number of ether oxygens (including phenoxy) is 1. The molecule has 1 aliphatic heterocycles. The lowest BCUT2D eigenvalue weighted by Gasteiger charge is -2.20. The molecule has 0 radical (unpaired) electrons. The van der Waals surface area contributed by atoms with Gasteiger partial charge in [-0.1, -0.05) is 12.1 Å². The Hall–Kier alpha value is -2.30. The molecule has 1 aromatic heterocycles. The highest BCUT2D eigenvalue weighted by Gasteiger charge is 2.34. The third-order valence-electron chi connectivity index (χ3n) is 5.32. The van der Waals surface area contributed by atoms with E-state index < -0.39 is 0 Å². The fourth-order valence-corrected chi connectivity index (χ4v) is 3.83. The minimum absolute atomic E-state index is 0.196. The highest BCUT2D eigenvalue weighted by atomic mass is 16.5. The molecule has 25 heavy (non-hydrogen) atoms. The highest BCUT2D eigenvalue weighted by Crippen LogP contribution is 2.41. The van der Waals surface area contributed by atoms with Crippen molar-refractivity contribution in [2.45, 2.75) is 44.6 Å². The Balaban J connectivity index is 1.43. The number of likely N-dealkylation sites (tertiary alicyclic amines) is 1. The number of imidazole rings is 1. The summed E-state index contributed by atoms with van der Waals surface area (Å²) in [4.78, 5) is 19.3. The van der Waals surface area contributed by atoms with Crippen LogP contribution in [0.5, 0.6) is 5.75 Å². The van der Waals surface area contributed by atoms with Crippen molar-refractivity contribution < 1.29 is 9.53 Å². The van der Waals surface area contributed by atoms with E-state index in [-0.39, 0.29) is 5.91 Å². The summed E-state index contributed by atoms with van der Waals surface area (Å²) in [5, 5.41) is 0. The van der Waals surface area contributed by atoms with E-state index in [4.69, 9.17) is 4.74 Å². The molecule has 1 aliphatic carbocycles. The molecular weight excluding hydrogens is 314 g/mol. The normalized spacial score (nSPS) is 20.1. The Kier molecular flexibility index (Phi) is 4.24. The monoisotopic (exact) mass is 339 g/mol. The summed E-state index contributed by atoms with van der Waals surface area (Å²) >= 11 is 0. The summed E-state index contributed by atoms with van der Waals surface area (Å²) in [6.45, 7) is 3.74. The average Bonchev–Trinajstić information content (AvgIpc) is 3.21. The zero-order valence-electron chi connectivity index (χ0n) is 14.9. The topological polar surface area (TPSA) is 47.4 Å². The van der Waals surface area contributed by atoms with Gasteiger partial charge in [0.25, 0.3) is 0 Å². The van der Waals surface area contributed by atoms with Crippen LogP contribution in [-0.4, -0.2) is 40.6 Å². The van der Waals surface area contributed by atoms with Crippen molar-refractivity contribution in [1.82, 2.24) is 14.5 Å². The standard InChI is InChI=1S/C20H25N3O2/c1-14-12-21-20(16-6-7-16)23(14)17-8-9-22(13-17)19(24)11-15-4-3-5-18(10-15)25-2/h3-5,10,12,16-17H,6-9,11,13H2,1-2H3. The summed E-state index contributed by atoms with van der Waals surface area (Å²) in [6.07, 6.45) is 5.93. The molecule has 132 valence electrons. The first-order valence-electron chi connectivity index (χ1n) is 9.10. The molecule has 1 saturated heterocycles. The van der Waals surface area contributed by atoms with Gasteiger partial charge in [-0.2, -0.15) is 0 Å². The molecule has 0 bridgehead atoms. The zero-order valence-corrected chi connectivity index (χ0v) is 14.9. The van der Waals surface area contributed by atoms with Gasteiger partial charge in [0.1, 0.15) is 11.6 Å². The Morgan fingerprint density at radius 3 is 2.92 bits per heavy atom. The second-order valence-corrected chi connectivity index (χ2v) is 7.21. The summed E-state index contributed by atoms with van der Waals surface area (Å²) in [5.74, 6) is 2.86. The third-order valence-corrected chi connectivity index (χ3v) is 5.32. The molecular formula is C20H25N3O2. The molecule has 1 atom stereocenters. The Labute approximate surface area is 148 Å². The second-order valence-electron chi connectivity index (χ2n) is 7.21. The van der Waals surface area contributed by atoms with Crippen molar-refractivity contribution in [2.24, 2.45) is 0 Å². The molecule has 0 N–H and O–H groups in total. The number of benzene rings is 1. The lowest BCUT2D eigenvalue weighted by Crippen LogP contribution is -2.30. The van der Waals surface area contributed by atoms with Crippen LogP contribution in [0.1, 0.15) is 48.3 Å². The van der Waals surface area contributed by atoms with Crippen LogP contribution in [0.25, 0.3) is 0 Å². The number of carbonyl (C=O) groups is 1. The Morgan fingerprint density at radius 1 is 1.32 bits per heavy atom. The lowest BCUT2D eigenvalue weighted by atomic mass is 10.1. The Morgan fingerprint density at radius 2 is 2.16 bits per heavy atom. The summed E-state index contributed by atoms with van der Waals surface area (Å²) in [5.41, 5.74) is 2.22. The molecule has 4 rings (SSSR count). The van der Waals surface area contributed by atoms with Crippen LogP contribution >= 0.6 is 0 Å². The van der Waals surface area contributed by atoms with E-state index >= 15 is 0 Å². The van der Waals surface area contributed by atoms with Crippen LogP contribution in [0.4, 0.5) is 0 Å². The van der Waals surface area contributed by atoms with E-state index in [0.717, 1.165) is 30.8 Å². The summed E-state index contributed by atoms with van der Waals surface area (Å²) in [6, 6.07) is 8.13. The average molecular weight is 339 g/mol. The SMILES string of the molecule is COc1cccc(CC(=O)N2CCC(n3c(C)cnc3C3CC3)C2)c1. The fraction of sp³-hybridized carbons (Fsp3) is 0.500. The van der Waals surface area contributed by atoms with Crippen LogP contribution in [0.15, 0.2) is 30.5 Å². The van der Waals surface area contributed by atoms with E-state index in [0.29, 0.717) is 18.4 Å². The van der Waals surface area contributed by atoms with Gasteiger partial charge in [0.15, 0.2) is 0 Å². The number of hydrogen-bond acceptors (Lipinski definition) is 3. The molecule has 2 heterocycles. The maximum absolute atomic E-state index is 12.7. The Bertz CT molecular complexity index is 779. The van der Waals surface area contributed by atoms with Gasteiger partial charge in [0.2, 0.25) is 5.91 Å². The van der Waals surface area contributed by atoms with Crippen molar-refractivity contribution in [1.29, 1.82) is 0 Å². The van der Waals surface area contributed by atoms with E-state index in [9.17, 15) is 4.79 Å². The molecule has 2 fully saturated rings. The van der Waals surface area contributed by atoms with Crippen LogP contribution < -0.4 is 4.74 Å². The molecule has 5 nitrogen and oxygen atoms in total. The van der Waals surface area contributed by atoms with Gasteiger partial charge in [-0.25, -0.2) is 4.98 Å². The number of hydrogen-bond donors (Lipinski definition) is 0. The molecule has 1 aromatic carbocycles. The van der Waals surface area contributed by atoms with Gasteiger partial charge in [0, 0.05) is 30.9 Å². The predicted molar refractivity (Wildman–Crippen MR) is 95.9 cm³/mol. The van der Waals surface area contributed by atoms with Gasteiger partial charge in [-0.3, -0.25) is 4.79 Å². The van der Waals surface area contributed by atoms with Crippen molar-refractivity contribution in [3.05, 3.63) is 47.5 Å². The highest BCUT2D eigenvalue weighted by molar-refractivity contribution is 5.79. The number of carbonyl (C=O) groups excluding carboxylic acids is 1. The van der Waals surface area contributed by atoms with Gasteiger partial charge in [0.05, 0.1) is 19.6 Å². The van der Waals surface area contributed by atoms with E-state index in [1.807, 2.05) is 35.4 Å². The van der Waals surface area contributed by atoms with E-state index in [1.165, 1.54) is 24.4 Å². The summed E-state index contributed by atoms with van der Waals surface area (Å²) in [7, 11) is 1.65. The largest absolute Gasteiger partial charge is 0.497 e. The van der Waals surface area contributed by atoms with Gasteiger partial charge < -0.3 is 14.2 Å². The van der Waals surface area contributed by atoms with Crippen LogP contribution in [-0.2, 0) is 11.2 Å². The van der Waals surface area contributed by atoms with Crippen molar-refractivity contribution in [2.75, 3.05) is 20.2 Å². The number of aromatic nitrogens is 2. The molecule has 0 spiro atoms. The van der Waals surface area contributed by atoms with Gasteiger partial charge in [-0.15, -0.1) is 0 Å².